The van der Waals surface area contributed by atoms with Crippen molar-refractivity contribution < 1.29 is 4.74 Å². The first-order valence-electron chi connectivity index (χ1n) is 5.87. The Bertz CT molecular complexity index is 328. The van der Waals surface area contributed by atoms with E-state index in [1.54, 1.807) is 7.11 Å². The van der Waals surface area contributed by atoms with Gasteiger partial charge >= 0.3 is 0 Å². The molecule has 1 aliphatic carbocycles. The summed E-state index contributed by atoms with van der Waals surface area (Å²) in [5, 5.41) is 3.43. The number of hydrogen-bond acceptors (Lipinski definition) is 3. The van der Waals surface area contributed by atoms with Crippen LogP contribution in [-0.2, 0) is 10.2 Å². The summed E-state index contributed by atoms with van der Waals surface area (Å²) in [5.74, 6) is 0.744. The summed E-state index contributed by atoms with van der Waals surface area (Å²) < 4.78 is 5.01. The Hall–Kier alpha value is -0.930. The van der Waals surface area contributed by atoms with Crippen LogP contribution in [0.4, 0.5) is 0 Å². The van der Waals surface area contributed by atoms with Crippen LogP contribution in [0.25, 0.3) is 0 Å². The molecule has 88 valence electrons. The van der Waals surface area contributed by atoms with Crippen molar-refractivity contribution >= 4 is 0 Å². The predicted molar refractivity (Wildman–Crippen MR) is 64.4 cm³/mol. The van der Waals surface area contributed by atoms with E-state index in [0.29, 0.717) is 5.41 Å². The third-order valence-electron chi connectivity index (χ3n) is 3.61. The monoisotopic (exact) mass is 220 g/mol. The molecule has 1 heterocycles. The number of rotatable bonds is 6. The molecule has 1 aromatic rings. The van der Waals surface area contributed by atoms with Crippen molar-refractivity contribution in [1.82, 2.24) is 10.3 Å². The van der Waals surface area contributed by atoms with Crippen LogP contribution >= 0.6 is 0 Å². The molecular weight excluding hydrogens is 200 g/mol. The fourth-order valence-electron chi connectivity index (χ4n) is 2.26. The van der Waals surface area contributed by atoms with E-state index >= 15 is 0 Å². The van der Waals surface area contributed by atoms with E-state index in [0.717, 1.165) is 25.6 Å². The minimum absolute atomic E-state index is 0.342. The lowest BCUT2D eigenvalue weighted by atomic mass is 9.97. The molecule has 0 saturated heterocycles. The summed E-state index contributed by atoms with van der Waals surface area (Å²) in [4.78, 5) is 4.19. The first kappa shape index (κ1) is 11.6. The molecule has 3 nitrogen and oxygen atoms in total. The van der Waals surface area contributed by atoms with Gasteiger partial charge in [0.2, 0.25) is 0 Å². The highest BCUT2D eigenvalue weighted by molar-refractivity contribution is 5.30. The van der Waals surface area contributed by atoms with Gasteiger partial charge in [-0.3, -0.25) is 4.98 Å². The van der Waals surface area contributed by atoms with Crippen molar-refractivity contribution in [2.24, 2.45) is 5.92 Å². The maximum atomic E-state index is 5.01. The molecule has 2 atom stereocenters. The molecule has 1 aliphatic rings. The molecule has 1 saturated carbocycles. The lowest BCUT2D eigenvalue weighted by Crippen LogP contribution is -2.23. The molecule has 1 aromatic heterocycles. The second-order valence-corrected chi connectivity index (χ2v) is 4.76. The molecule has 3 heteroatoms. The summed E-state index contributed by atoms with van der Waals surface area (Å²) in [6.45, 7) is 5.13. The van der Waals surface area contributed by atoms with E-state index in [2.05, 4.69) is 23.3 Å². The van der Waals surface area contributed by atoms with Crippen molar-refractivity contribution in [2.45, 2.75) is 18.8 Å². The average molecular weight is 220 g/mol. The standard InChI is InChI=1S/C13H20N2O/c1-13(11-4-3-5-14-9-11)8-12(13)10-15-6-7-16-2/h3-5,9,12,15H,6-8,10H2,1-2H3. The summed E-state index contributed by atoms with van der Waals surface area (Å²) in [6, 6.07) is 4.20. The third-order valence-corrected chi connectivity index (χ3v) is 3.61. The minimum atomic E-state index is 0.342. The van der Waals surface area contributed by atoms with Gasteiger partial charge in [-0.25, -0.2) is 0 Å². The van der Waals surface area contributed by atoms with Crippen LogP contribution in [0.15, 0.2) is 24.5 Å². The van der Waals surface area contributed by atoms with Gasteiger partial charge in [0, 0.05) is 26.0 Å². The number of methoxy groups -OCH3 is 1. The van der Waals surface area contributed by atoms with Gasteiger partial charge < -0.3 is 10.1 Å². The zero-order chi connectivity index (χ0) is 11.4. The van der Waals surface area contributed by atoms with Crippen LogP contribution in [0.5, 0.6) is 0 Å². The Kier molecular flexibility index (Phi) is 3.56. The summed E-state index contributed by atoms with van der Waals surface area (Å²) in [7, 11) is 1.73. The molecule has 16 heavy (non-hydrogen) atoms. The number of nitrogens with one attached hydrogen (secondary N) is 1. The van der Waals surface area contributed by atoms with Gasteiger partial charge in [0.1, 0.15) is 0 Å². The number of ether oxygens (including phenoxy) is 1. The van der Waals surface area contributed by atoms with E-state index in [1.165, 1.54) is 12.0 Å². The predicted octanol–water partition coefficient (Wildman–Crippen LogP) is 1.60. The van der Waals surface area contributed by atoms with Crippen LogP contribution < -0.4 is 5.32 Å². The minimum Gasteiger partial charge on any atom is -0.383 e. The van der Waals surface area contributed by atoms with Crippen molar-refractivity contribution in [3.05, 3.63) is 30.1 Å². The van der Waals surface area contributed by atoms with E-state index in [1.807, 2.05) is 18.5 Å². The van der Waals surface area contributed by atoms with Crippen molar-refractivity contribution in [2.75, 3.05) is 26.8 Å². The van der Waals surface area contributed by atoms with Gasteiger partial charge in [0.15, 0.2) is 0 Å². The van der Waals surface area contributed by atoms with Crippen molar-refractivity contribution in [3.8, 4) is 0 Å². The van der Waals surface area contributed by atoms with Gasteiger partial charge in [0.05, 0.1) is 6.61 Å². The van der Waals surface area contributed by atoms with Gasteiger partial charge in [-0.2, -0.15) is 0 Å². The summed E-state index contributed by atoms with van der Waals surface area (Å²) in [6.07, 6.45) is 5.09. The number of hydrogen-bond donors (Lipinski definition) is 1. The highest BCUT2D eigenvalue weighted by Crippen LogP contribution is 2.53. The molecule has 0 aliphatic heterocycles. The van der Waals surface area contributed by atoms with Crippen LogP contribution in [0.3, 0.4) is 0 Å². The molecular formula is C13H20N2O. The Morgan fingerprint density at radius 3 is 3.19 bits per heavy atom. The third kappa shape index (κ3) is 2.42. The molecule has 1 N–H and O–H groups in total. The van der Waals surface area contributed by atoms with Crippen LogP contribution in [-0.4, -0.2) is 31.8 Å². The molecule has 0 radical (unpaired) electrons. The first-order valence-corrected chi connectivity index (χ1v) is 5.87. The zero-order valence-electron chi connectivity index (χ0n) is 10.1. The second-order valence-electron chi connectivity index (χ2n) is 4.76. The Labute approximate surface area is 97.2 Å². The lowest BCUT2D eigenvalue weighted by molar-refractivity contribution is 0.199. The number of nitrogens with zero attached hydrogens (tertiary/aromatic N) is 1. The molecule has 0 bridgehead atoms. The molecule has 2 unspecified atom stereocenters. The van der Waals surface area contributed by atoms with E-state index < -0.39 is 0 Å². The quantitative estimate of drug-likeness (QED) is 0.739. The number of aromatic nitrogens is 1. The lowest BCUT2D eigenvalue weighted by Gasteiger charge is -2.11. The molecule has 1 fully saturated rings. The van der Waals surface area contributed by atoms with E-state index in [-0.39, 0.29) is 0 Å². The average Bonchev–Trinajstić information content (AvgIpc) is 2.99. The largest absolute Gasteiger partial charge is 0.383 e. The maximum Gasteiger partial charge on any atom is 0.0587 e. The van der Waals surface area contributed by atoms with Crippen LogP contribution in [0.1, 0.15) is 18.9 Å². The normalized spacial score (nSPS) is 28.0. The zero-order valence-corrected chi connectivity index (χ0v) is 10.1. The molecule has 0 spiro atoms. The molecule has 0 amide bonds. The topological polar surface area (TPSA) is 34.1 Å². The van der Waals surface area contributed by atoms with Crippen LogP contribution in [0, 0.1) is 5.92 Å². The van der Waals surface area contributed by atoms with Gasteiger partial charge in [-0.15, -0.1) is 0 Å². The maximum absolute atomic E-state index is 5.01. The van der Waals surface area contributed by atoms with Gasteiger partial charge in [0.25, 0.3) is 0 Å². The Balaban J connectivity index is 1.80. The molecule has 0 aromatic carbocycles. The second kappa shape index (κ2) is 4.93. The summed E-state index contributed by atoms with van der Waals surface area (Å²) >= 11 is 0. The Morgan fingerprint density at radius 1 is 1.62 bits per heavy atom. The fraction of sp³-hybridized carbons (Fsp3) is 0.615. The van der Waals surface area contributed by atoms with E-state index in [4.69, 9.17) is 4.74 Å². The molecule has 2 rings (SSSR count). The van der Waals surface area contributed by atoms with Crippen molar-refractivity contribution in [1.29, 1.82) is 0 Å². The van der Waals surface area contributed by atoms with Gasteiger partial charge in [-0.1, -0.05) is 13.0 Å². The van der Waals surface area contributed by atoms with E-state index in [9.17, 15) is 0 Å². The van der Waals surface area contributed by atoms with Crippen molar-refractivity contribution in [3.63, 3.8) is 0 Å². The SMILES string of the molecule is COCCNCC1CC1(C)c1cccnc1. The highest BCUT2D eigenvalue weighted by Gasteiger charge is 2.50. The van der Waals surface area contributed by atoms with Crippen LogP contribution in [0.2, 0.25) is 0 Å². The smallest absolute Gasteiger partial charge is 0.0587 e. The van der Waals surface area contributed by atoms with Gasteiger partial charge in [-0.05, 0) is 35.9 Å². The summed E-state index contributed by atoms with van der Waals surface area (Å²) in [5.41, 5.74) is 1.71. The highest BCUT2D eigenvalue weighted by atomic mass is 16.5. The fourth-order valence-corrected chi connectivity index (χ4v) is 2.26. The Morgan fingerprint density at radius 2 is 2.50 bits per heavy atom. The number of pyridine rings is 1. The first-order chi connectivity index (χ1) is 7.77.